The molecule has 3 fully saturated rings. The van der Waals surface area contributed by atoms with Crippen molar-refractivity contribution in [3.63, 3.8) is 0 Å². The summed E-state index contributed by atoms with van der Waals surface area (Å²) in [6.07, 6.45) is 8.14. The van der Waals surface area contributed by atoms with Crippen LogP contribution in [-0.4, -0.2) is 23.1 Å². The van der Waals surface area contributed by atoms with Crippen LogP contribution in [0.25, 0.3) is 0 Å². The lowest BCUT2D eigenvalue weighted by molar-refractivity contribution is 0.131. The molecule has 0 aromatic heterocycles. The van der Waals surface area contributed by atoms with Crippen LogP contribution in [0.5, 0.6) is 0 Å². The number of fused-ring (bicyclic) bond motifs is 3. The summed E-state index contributed by atoms with van der Waals surface area (Å²) in [6.45, 7) is 1.37. The molecule has 2 heteroatoms. The number of piperidine rings is 2. The Balaban J connectivity index is 2.01. The van der Waals surface area contributed by atoms with Gasteiger partial charge in [-0.1, -0.05) is 11.9 Å². The van der Waals surface area contributed by atoms with Crippen LogP contribution >= 0.6 is 11.9 Å². The molecule has 2 heterocycles. The predicted octanol–water partition coefficient (Wildman–Crippen LogP) is 2.14. The van der Waals surface area contributed by atoms with Gasteiger partial charge in [0.15, 0.2) is 0 Å². The molecule has 10 heavy (non-hydrogen) atoms. The van der Waals surface area contributed by atoms with E-state index in [9.17, 15) is 0 Å². The van der Waals surface area contributed by atoms with Crippen molar-refractivity contribution in [1.82, 2.24) is 4.31 Å². The van der Waals surface area contributed by atoms with Gasteiger partial charge in [-0.3, -0.25) is 0 Å². The van der Waals surface area contributed by atoms with Crippen LogP contribution in [0.3, 0.4) is 0 Å². The summed E-state index contributed by atoms with van der Waals surface area (Å²) in [5.74, 6) is 1.04. The average molecular weight is 157 g/mol. The normalized spacial score (nSPS) is 40.5. The quantitative estimate of drug-likeness (QED) is 0.536. The first kappa shape index (κ1) is 6.99. The van der Waals surface area contributed by atoms with Crippen molar-refractivity contribution in [2.24, 2.45) is 5.92 Å². The van der Waals surface area contributed by atoms with E-state index in [4.69, 9.17) is 0 Å². The van der Waals surface area contributed by atoms with Gasteiger partial charge in [-0.25, -0.2) is 4.31 Å². The van der Waals surface area contributed by atoms with Crippen LogP contribution < -0.4 is 0 Å². The summed E-state index contributed by atoms with van der Waals surface area (Å²) in [4.78, 5) is 0. The Bertz CT molecular complexity index is 118. The number of hydrogen-bond acceptors (Lipinski definition) is 2. The summed E-state index contributed by atoms with van der Waals surface area (Å²) in [5, 5.41) is 0. The van der Waals surface area contributed by atoms with Gasteiger partial charge in [0.1, 0.15) is 0 Å². The Hall–Kier alpha value is 0.310. The molecular formula is C8H15NS. The van der Waals surface area contributed by atoms with Crippen molar-refractivity contribution in [3.8, 4) is 0 Å². The molecule has 0 unspecified atom stereocenters. The highest BCUT2D eigenvalue weighted by atomic mass is 32.2. The van der Waals surface area contributed by atoms with Crippen molar-refractivity contribution < 1.29 is 0 Å². The summed E-state index contributed by atoms with van der Waals surface area (Å²) in [5.41, 5.74) is 0. The van der Waals surface area contributed by atoms with Crippen LogP contribution in [0.1, 0.15) is 25.7 Å². The highest BCUT2D eigenvalue weighted by Crippen LogP contribution is 2.37. The maximum absolute atomic E-state index is 2.58. The molecule has 2 bridgehead atoms. The molecule has 2 aliphatic heterocycles. The Kier molecular flexibility index (Phi) is 1.92. The van der Waals surface area contributed by atoms with E-state index in [-0.39, 0.29) is 0 Å². The first-order valence-electron chi connectivity index (χ1n) is 4.21. The predicted molar refractivity (Wildman–Crippen MR) is 46.0 cm³/mol. The second-order valence-electron chi connectivity index (χ2n) is 3.46. The molecule has 0 aromatic carbocycles. The smallest absolute Gasteiger partial charge is 0.0202 e. The highest BCUT2D eigenvalue weighted by Gasteiger charge is 2.32. The molecule has 0 aromatic rings. The van der Waals surface area contributed by atoms with Gasteiger partial charge in [-0.05, 0) is 37.9 Å². The number of rotatable bonds is 1. The summed E-state index contributed by atoms with van der Waals surface area (Å²) >= 11 is 1.94. The third kappa shape index (κ3) is 1.08. The zero-order valence-electron chi connectivity index (χ0n) is 6.55. The maximum Gasteiger partial charge on any atom is 0.0202 e. The molecule has 1 saturated carbocycles. The Morgan fingerprint density at radius 2 is 1.90 bits per heavy atom. The van der Waals surface area contributed by atoms with Gasteiger partial charge < -0.3 is 0 Å². The molecule has 0 amide bonds. The van der Waals surface area contributed by atoms with E-state index in [2.05, 4.69) is 10.6 Å². The van der Waals surface area contributed by atoms with Crippen molar-refractivity contribution in [2.45, 2.75) is 31.7 Å². The van der Waals surface area contributed by atoms with Crippen LogP contribution in [0.15, 0.2) is 0 Å². The van der Waals surface area contributed by atoms with Crippen LogP contribution in [-0.2, 0) is 0 Å². The summed E-state index contributed by atoms with van der Waals surface area (Å²) in [6, 6.07) is 0.931. The largest absolute Gasteiger partial charge is 0.248 e. The van der Waals surface area contributed by atoms with E-state index < -0.39 is 0 Å². The molecule has 1 nitrogen and oxygen atoms in total. The lowest BCUT2D eigenvalue weighted by Gasteiger charge is -2.43. The third-order valence-electron chi connectivity index (χ3n) is 2.90. The van der Waals surface area contributed by atoms with Gasteiger partial charge in [-0.15, -0.1) is 0 Å². The molecule has 2 saturated heterocycles. The summed E-state index contributed by atoms with van der Waals surface area (Å²) < 4.78 is 2.58. The van der Waals surface area contributed by atoms with Gasteiger partial charge in [0, 0.05) is 12.6 Å². The zero-order chi connectivity index (χ0) is 6.97. The van der Waals surface area contributed by atoms with E-state index in [1.165, 1.54) is 32.2 Å². The fraction of sp³-hybridized carbons (Fsp3) is 1.00. The maximum atomic E-state index is 2.58. The standard InChI is InChI=1S/C8H15NS/c1-10-9-6-7-2-4-8(9)5-3-7/h7-8H,2-6H2,1H3. The van der Waals surface area contributed by atoms with Gasteiger partial charge in [0.05, 0.1) is 0 Å². The number of nitrogens with zero attached hydrogens (tertiary/aromatic N) is 1. The second-order valence-corrected chi connectivity index (χ2v) is 4.29. The monoisotopic (exact) mass is 157 g/mol. The molecule has 0 atom stereocenters. The molecule has 0 N–H and O–H groups in total. The lowest BCUT2D eigenvalue weighted by atomic mass is 9.82. The Morgan fingerprint density at radius 3 is 2.20 bits per heavy atom. The first-order valence-corrected chi connectivity index (χ1v) is 5.39. The van der Waals surface area contributed by atoms with Crippen molar-refractivity contribution in [2.75, 3.05) is 12.8 Å². The highest BCUT2D eigenvalue weighted by molar-refractivity contribution is 7.96. The molecule has 0 spiro atoms. The van der Waals surface area contributed by atoms with Crippen LogP contribution in [0.2, 0.25) is 0 Å². The van der Waals surface area contributed by atoms with E-state index in [0.29, 0.717) is 0 Å². The fourth-order valence-electron chi connectivity index (χ4n) is 2.24. The van der Waals surface area contributed by atoms with Gasteiger partial charge in [-0.2, -0.15) is 0 Å². The zero-order valence-corrected chi connectivity index (χ0v) is 7.36. The topological polar surface area (TPSA) is 3.24 Å². The van der Waals surface area contributed by atoms with Gasteiger partial charge in [0.25, 0.3) is 0 Å². The van der Waals surface area contributed by atoms with Crippen LogP contribution in [0.4, 0.5) is 0 Å². The summed E-state index contributed by atoms with van der Waals surface area (Å²) in [7, 11) is 0. The minimum Gasteiger partial charge on any atom is -0.248 e. The minimum absolute atomic E-state index is 0.931. The Labute approximate surface area is 67.3 Å². The molecule has 58 valence electrons. The molecular weight excluding hydrogens is 142 g/mol. The van der Waals surface area contributed by atoms with Crippen molar-refractivity contribution in [1.29, 1.82) is 0 Å². The lowest BCUT2D eigenvalue weighted by Crippen LogP contribution is -2.43. The van der Waals surface area contributed by atoms with E-state index in [1.54, 1.807) is 0 Å². The second kappa shape index (κ2) is 2.74. The fourth-order valence-corrected chi connectivity index (χ4v) is 3.11. The molecule has 1 aliphatic carbocycles. The van der Waals surface area contributed by atoms with Gasteiger partial charge in [0.2, 0.25) is 0 Å². The Morgan fingerprint density at radius 1 is 1.20 bits per heavy atom. The minimum atomic E-state index is 0.931. The first-order chi connectivity index (χ1) is 4.90. The molecule has 0 radical (unpaired) electrons. The van der Waals surface area contributed by atoms with Crippen LogP contribution in [0, 0.1) is 5.92 Å². The van der Waals surface area contributed by atoms with E-state index in [0.717, 1.165) is 12.0 Å². The van der Waals surface area contributed by atoms with Crippen molar-refractivity contribution >= 4 is 11.9 Å². The average Bonchev–Trinajstić information content (AvgIpc) is 2.06. The van der Waals surface area contributed by atoms with E-state index >= 15 is 0 Å². The van der Waals surface area contributed by atoms with Gasteiger partial charge >= 0.3 is 0 Å². The van der Waals surface area contributed by atoms with E-state index in [1.807, 2.05) is 11.9 Å². The SMILES string of the molecule is CSN1CC2CCC1CC2. The third-order valence-corrected chi connectivity index (χ3v) is 3.81. The molecule has 3 rings (SSSR count). The number of hydrogen-bond donors (Lipinski definition) is 0. The van der Waals surface area contributed by atoms with Crippen molar-refractivity contribution in [3.05, 3.63) is 0 Å². The molecule has 3 aliphatic rings.